The van der Waals surface area contributed by atoms with Crippen LogP contribution in [0.2, 0.25) is 0 Å². The molecule has 0 aliphatic heterocycles. The van der Waals surface area contributed by atoms with Gasteiger partial charge in [-0.1, -0.05) is 18.2 Å². The number of amides is 2. The van der Waals surface area contributed by atoms with Gasteiger partial charge in [0.1, 0.15) is 6.26 Å². The van der Waals surface area contributed by atoms with Crippen molar-refractivity contribution in [3.63, 3.8) is 0 Å². The molecule has 116 valence electrons. The summed E-state index contributed by atoms with van der Waals surface area (Å²) in [7, 11) is 0. The van der Waals surface area contributed by atoms with Crippen molar-refractivity contribution in [2.75, 3.05) is 13.2 Å². The molecular formula is C16H19N3O3. The van der Waals surface area contributed by atoms with Crippen molar-refractivity contribution < 1.29 is 14.3 Å². The number of aliphatic hydroxyl groups excluding tert-OH is 1. The van der Waals surface area contributed by atoms with Crippen molar-refractivity contribution in [1.82, 2.24) is 15.6 Å². The number of benzene rings is 1. The van der Waals surface area contributed by atoms with E-state index in [1.807, 2.05) is 30.3 Å². The molecule has 0 bridgehead atoms. The Labute approximate surface area is 128 Å². The van der Waals surface area contributed by atoms with Crippen LogP contribution in [0.4, 0.5) is 4.79 Å². The van der Waals surface area contributed by atoms with E-state index in [1.54, 1.807) is 6.26 Å². The van der Waals surface area contributed by atoms with Crippen molar-refractivity contribution in [2.45, 2.75) is 19.4 Å². The topological polar surface area (TPSA) is 87.4 Å². The molecule has 3 rings (SSSR count). The maximum Gasteiger partial charge on any atom is 0.315 e. The third-order valence-electron chi connectivity index (χ3n) is 3.92. The quantitative estimate of drug-likeness (QED) is 0.760. The van der Waals surface area contributed by atoms with Gasteiger partial charge in [-0.3, -0.25) is 0 Å². The van der Waals surface area contributed by atoms with Gasteiger partial charge in [-0.05, 0) is 25.0 Å². The summed E-state index contributed by atoms with van der Waals surface area (Å²) < 4.78 is 5.41. The molecule has 6 nitrogen and oxygen atoms in total. The molecule has 0 saturated heterocycles. The van der Waals surface area contributed by atoms with Crippen molar-refractivity contribution >= 4 is 6.03 Å². The number of oxazole rings is 1. The zero-order chi connectivity index (χ0) is 15.4. The van der Waals surface area contributed by atoms with Gasteiger partial charge in [0.2, 0.25) is 5.89 Å². The first kappa shape index (κ1) is 14.6. The summed E-state index contributed by atoms with van der Waals surface area (Å²) in [6, 6.07) is 9.33. The molecule has 1 aliphatic rings. The third-order valence-corrected chi connectivity index (χ3v) is 3.92. The van der Waals surface area contributed by atoms with Crippen LogP contribution in [0, 0.1) is 5.41 Å². The predicted octanol–water partition coefficient (Wildman–Crippen LogP) is 1.91. The normalized spacial score (nSPS) is 15.3. The van der Waals surface area contributed by atoms with Gasteiger partial charge >= 0.3 is 6.03 Å². The van der Waals surface area contributed by atoms with Gasteiger partial charge in [0.05, 0.1) is 18.8 Å². The number of nitrogens with one attached hydrogen (secondary N) is 2. The molecule has 1 fully saturated rings. The predicted molar refractivity (Wildman–Crippen MR) is 80.9 cm³/mol. The van der Waals surface area contributed by atoms with E-state index in [-0.39, 0.29) is 18.1 Å². The first-order valence-electron chi connectivity index (χ1n) is 7.33. The smallest absolute Gasteiger partial charge is 0.315 e. The molecule has 1 aromatic carbocycles. The minimum atomic E-state index is -0.260. The van der Waals surface area contributed by atoms with Crippen LogP contribution in [0.25, 0.3) is 11.5 Å². The van der Waals surface area contributed by atoms with E-state index in [4.69, 9.17) is 4.42 Å². The van der Waals surface area contributed by atoms with Crippen LogP contribution in [0.3, 0.4) is 0 Å². The highest BCUT2D eigenvalue weighted by molar-refractivity contribution is 5.73. The zero-order valence-corrected chi connectivity index (χ0v) is 12.2. The number of carbonyl (C=O) groups is 1. The Bertz CT molecular complexity index is 635. The van der Waals surface area contributed by atoms with E-state index in [0.29, 0.717) is 24.7 Å². The van der Waals surface area contributed by atoms with Gasteiger partial charge < -0.3 is 20.2 Å². The molecule has 1 heterocycles. The molecule has 0 spiro atoms. The number of hydrogen-bond donors (Lipinski definition) is 3. The average molecular weight is 301 g/mol. The summed E-state index contributed by atoms with van der Waals surface area (Å²) in [4.78, 5) is 16.1. The lowest BCUT2D eigenvalue weighted by Gasteiger charge is -2.12. The van der Waals surface area contributed by atoms with Crippen molar-refractivity contribution in [2.24, 2.45) is 5.41 Å². The largest absolute Gasteiger partial charge is 0.444 e. The number of nitrogens with zero attached hydrogens (tertiary/aromatic N) is 1. The molecule has 1 saturated carbocycles. The molecule has 6 heteroatoms. The Balaban J connectivity index is 1.48. The van der Waals surface area contributed by atoms with Crippen LogP contribution < -0.4 is 10.6 Å². The molecule has 0 unspecified atom stereocenters. The summed E-state index contributed by atoms with van der Waals surface area (Å²) in [6.07, 6.45) is 3.47. The van der Waals surface area contributed by atoms with E-state index in [0.717, 1.165) is 18.4 Å². The van der Waals surface area contributed by atoms with Crippen LogP contribution >= 0.6 is 0 Å². The maximum absolute atomic E-state index is 11.7. The summed E-state index contributed by atoms with van der Waals surface area (Å²) in [6.45, 7) is 0.925. The van der Waals surface area contributed by atoms with Crippen LogP contribution in [0.1, 0.15) is 18.5 Å². The molecule has 2 aromatic rings. The minimum Gasteiger partial charge on any atom is -0.444 e. The summed E-state index contributed by atoms with van der Waals surface area (Å²) in [5.41, 5.74) is 1.47. The fourth-order valence-electron chi connectivity index (χ4n) is 2.17. The van der Waals surface area contributed by atoms with Crippen LogP contribution in [-0.2, 0) is 6.54 Å². The van der Waals surface area contributed by atoms with Crippen molar-refractivity contribution in [3.05, 3.63) is 42.3 Å². The second-order valence-corrected chi connectivity index (χ2v) is 5.70. The number of carbonyl (C=O) groups excluding carboxylic acids is 1. The fourth-order valence-corrected chi connectivity index (χ4v) is 2.17. The first-order chi connectivity index (χ1) is 10.7. The zero-order valence-electron chi connectivity index (χ0n) is 12.2. The van der Waals surface area contributed by atoms with Crippen LogP contribution in [0.5, 0.6) is 0 Å². The molecule has 2 amide bonds. The fraction of sp³-hybridized carbons (Fsp3) is 0.375. The lowest BCUT2D eigenvalue weighted by Crippen LogP contribution is -2.39. The van der Waals surface area contributed by atoms with Crippen LogP contribution in [0.15, 0.2) is 41.0 Å². The summed E-state index contributed by atoms with van der Waals surface area (Å²) >= 11 is 0. The standard InChI is InChI=1S/C16H19N3O3/c20-11-16(6-7-16)10-18-15(21)17-8-13-9-22-14(19-13)12-4-2-1-3-5-12/h1-5,9,20H,6-8,10-11H2,(H2,17,18,21). The van der Waals surface area contributed by atoms with Crippen LogP contribution in [-0.4, -0.2) is 29.3 Å². The molecule has 1 aromatic heterocycles. The minimum absolute atomic E-state index is 0.0916. The number of urea groups is 1. The Kier molecular flexibility index (Phi) is 4.11. The SMILES string of the molecule is O=C(NCc1coc(-c2ccccc2)n1)NCC1(CO)CC1. The van der Waals surface area contributed by atoms with Gasteiger partial charge in [0.25, 0.3) is 0 Å². The average Bonchev–Trinajstić information content (AvgIpc) is 3.20. The first-order valence-corrected chi connectivity index (χ1v) is 7.33. The van der Waals surface area contributed by atoms with E-state index in [9.17, 15) is 9.90 Å². The Morgan fingerprint density at radius 1 is 1.27 bits per heavy atom. The van der Waals surface area contributed by atoms with E-state index in [1.165, 1.54) is 0 Å². The number of aromatic nitrogens is 1. The molecule has 1 aliphatic carbocycles. The number of hydrogen-bond acceptors (Lipinski definition) is 4. The summed E-state index contributed by atoms with van der Waals surface area (Å²) in [5.74, 6) is 0.537. The van der Waals surface area contributed by atoms with Crippen molar-refractivity contribution in [3.8, 4) is 11.5 Å². The van der Waals surface area contributed by atoms with E-state index >= 15 is 0 Å². The molecule has 0 radical (unpaired) electrons. The number of aliphatic hydroxyl groups is 1. The Morgan fingerprint density at radius 3 is 2.73 bits per heavy atom. The lowest BCUT2D eigenvalue weighted by molar-refractivity contribution is 0.203. The highest BCUT2D eigenvalue weighted by Gasteiger charge is 2.42. The van der Waals surface area contributed by atoms with Gasteiger partial charge in [-0.15, -0.1) is 0 Å². The molecule has 3 N–H and O–H groups in total. The second kappa shape index (κ2) is 6.19. The molecule has 0 atom stereocenters. The summed E-state index contributed by atoms with van der Waals surface area (Å²) in [5, 5.41) is 14.7. The molecular weight excluding hydrogens is 282 g/mol. The lowest BCUT2D eigenvalue weighted by atomic mass is 10.1. The highest BCUT2D eigenvalue weighted by Crippen LogP contribution is 2.44. The van der Waals surface area contributed by atoms with E-state index < -0.39 is 0 Å². The van der Waals surface area contributed by atoms with Crippen molar-refractivity contribution in [1.29, 1.82) is 0 Å². The Morgan fingerprint density at radius 2 is 2.05 bits per heavy atom. The Hall–Kier alpha value is -2.34. The highest BCUT2D eigenvalue weighted by atomic mass is 16.3. The number of rotatable bonds is 6. The second-order valence-electron chi connectivity index (χ2n) is 5.70. The van der Waals surface area contributed by atoms with Gasteiger partial charge in [0.15, 0.2) is 0 Å². The third kappa shape index (κ3) is 3.46. The molecule has 22 heavy (non-hydrogen) atoms. The van der Waals surface area contributed by atoms with Gasteiger partial charge in [0, 0.05) is 17.5 Å². The van der Waals surface area contributed by atoms with E-state index in [2.05, 4.69) is 15.6 Å². The van der Waals surface area contributed by atoms with Gasteiger partial charge in [-0.2, -0.15) is 0 Å². The maximum atomic E-state index is 11.7. The monoisotopic (exact) mass is 301 g/mol. The van der Waals surface area contributed by atoms with Gasteiger partial charge in [-0.25, -0.2) is 9.78 Å².